The lowest BCUT2D eigenvalue weighted by molar-refractivity contribution is 0.100. The number of fused-ring (bicyclic) bond motifs is 1. The van der Waals surface area contributed by atoms with Gasteiger partial charge >= 0.3 is 0 Å². The number of ether oxygens (including phenoxy) is 1. The molecule has 0 atom stereocenters. The van der Waals surface area contributed by atoms with E-state index < -0.39 is 0 Å². The van der Waals surface area contributed by atoms with Crippen LogP contribution in [-0.2, 0) is 11.2 Å². The molecule has 0 aliphatic carbocycles. The SMILES string of the molecule is Cc1cccc2c(=O)[nH]c(CCSC3CCOCC3)nc12. The highest BCUT2D eigenvalue weighted by molar-refractivity contribution is 7.99. The summed E-state index contributed by atoms with van der Waals surface area (Å²) in [5.41, 5.74) is 1.85. The highest BCUT2D eigenvalue weighted by atomic mass is 32.2. The number of nitrogens with zero attached hydrogens (tertiary/aromatic N) is 1. The highest BCUT2D eigenvalue weighted by Crippen LogP contribution is 2.22. The van der Waals surface area contributed by atoms with Gasteiger partial charge in [0.1, 0.15) is 5.82 Å². The number of para-hydroxylation sites is 1. The second kappa shape index (κ2) is 6.62. The summed E-state index contributed by atoms with van der Waals surface area (Å²) in [4.78, 5) is 19.6. The molecule has 1 aliphatic rings. The molecular formula is C16H20N2O2S. The molecule has 2 aromatic rings. The number of hydrogen-bond donors (Lipinski definition) is 1. The van der Waals surface area contributed by atoms with Gasteiger partial charge in [0, 0.05) is 30.6 Å². The smallest absolute Gasteiger partial charge is 0.258 e. The van der Waals surface area contributed by atoms with Crippen LogP contribution < -0.4 is 5.56 Å². The van der Waals surface area contributed by atoms with Gasteiger partial charge in [-0.3, -0.25) is 4.79 Å². The van der Waals surface area contributed by atoms with E-state index in [4.69, 9.17) is 4.74 Å². The predicted octanol–water partition coefficient (Wildman–Crippen LogP) is 2.69. The first-order valence-corrected chi connectivity index (χ1v) is 8.47. The summed E-state index contributed by atoms with van der Waals surface area (Å²) >= 11 is 1.97. The Balaban J connectivity index is 1.69. The van der Waals surface area contributed by atoms with Gasteiger partial charge in [-0.15, -0.1) is 0 Å². The molecule has 5 heteroatoms. The number of benzene rings is 1. The molecule has 0 radical (unpaired) electrons. The van der Waals surface area contributed by atoms with E-state index in [9.17, 15) is 4.79 Å². The fourth-order valence-corrected chi connectivity index (χ4v) is 3.81. The van der Waals surface area contributed by atoms with Gasteiger partial charge in [0.25, 0.3) is 5.56 Å². The summed E-state index contributed by atoms with van der Waals surface area (Å²) < 4.78 is 5.37. The van der Waals surface area contributed by atoms with Crippen molar-refractivity contribution in [2.24, 2.45) is 0 Å². The molecule has 3 rings (SSSR count). The standard InChI is InChI=1S/C16H20N2O2S/c1-11-3-2-4-13-15(11)17-14(18-16(13)19)7-10-21-12-5-8-20-9-6-12/h2-4,12H,5-10H2,1H3,(H,17,18,19). The minimum Gasteiger partial charge on any atom is -0.381 e. The number of thioether (sulfide) groups is 1. The summed E-state index contributed by atoms with van der Waals surface area (Å²) in [5.74, 6) is 1.78. The summed E-state index contributed by atoms with van der Waals surface area (Å²) in [6.07, 6.45) is 3.07. The van der Waals surface area contributed by atoms with Gasteiger partial charge in [-0.25, -0.2) is 4.98 Å². The van der Waals surface area contributed by atoms with Crippen molar-refractivity contribution in [3.8, 4) is 0 Å². The lowest BCUT2D eigenvalue weighted by Crippen LogP contribution is -2.18. The molecule has 0 unspecified atom stereocenters. The maximum absolute atomic E-state index is 12.1. The molecule has 1 N–H and O–H groups in total. The monoisotopic (exact) mass is 304 g/mol. The molecule has 1 aromatic carbocycles. The summed E-state index contributed by atoms with van der Waals surface area (Å²) in [6, 6.07) is 5.72. The van der Waals surface area contributed by atoms with Crippen molar-refractivity contribution in [3.05, 3.63) is 39.9 Å². The predicted molar refractivity (Wildman–Crippen MR) is 87.1 cm³/mol. The molecule has 4 nitrogen and oxygen atoms in total. The normalized spacial score (nSPS) is 16.4. The maximum atomic E-state index is 12.1. The summed E-state index contributed by atoms with van der Waals surface area (Å²) in [6.45, 7) is 3.75. The van der Waals surface area contributed by atoms with Crippen molar-refractivity contribution in [2.75, 3.05) is 19.0 Å². The van der Waals surface area contributed by atoms with Gasteiger partial charge in [0.15, 0.2) is 0 Å². The minimum absolute atomic E-state index is 0.0326. The average Bonchev–Trinajstić information content (AvgIpc) is 2.50. The number of hydrogen-bond acceptors (Lipinski definition) is 4. The van der Waals surface area contributed by atoms with Crippen molar-refractivity contribution >= 4 is 22.7 Å². The van der Waals surface area contributed by atoms with Crippen LogP contribution in [0.2, 0.25) is 0 Å². The third-order valence-corrected chi connectivity index (χ3v) is 5.23. The molecule has 1 fully saturated rings. The van der Waals surface area contributed by atoms with E-state index in [0.29, 0.717) is 10.6 Å². The van der Waals surface area contributed by atoms with E-state index in [1.165, 1.54) is 0 Å². The third kappa shape index (κ3) is 3.47. The minimum atomic E-state index is -0.0326. The number of nitrogens with one attached hydrogen (secondary N) is 1. The van der Waals surface area contributed by atoms with Crippen LogP contribution in [0.3, 0.4) is 0 Å². The van der Waals surface area contributed by atoms with Crippen molar-refractivity contribution in [1.29, 1.82) is 0 Å². The molecule has 21 heavy (non-hydrogen) atoms. The Bertz CT molecular complexity index is 678. The molecular weight excluding hydrogens is 284 g/mol. The molecule has 0 amide bonds. The third-order valence-electron chi connectivity index (χ3n) is 3.85. The van der Waals surface area contributed by atoms with Gasteiger partial charge in [-0.05, 0) is 31.4 Å². The molecule has 0 saturated carbocycles. The zero-order chi connectivity index (χ0) is 14.7. The van der Waals surface area contributed by atoms with E-state index in [1.54, 1.807) is 0 Å². The van der Waals surface area contributed by atoms with Gasteiger partial charge in [0.2, 0.25) is 0 Å². The van der Waals surface area contributed by atoms with Crippen LogP contribution in [-0.4, -0.2) is 34.2 Å². The lowest BCUT2D eigenvalue weighted by Gasteiger charge is -2.21. The van der Waals surface area contributed by atoms with Crippen molar-refractivity contribution < 1.29 is 4.74 Å². The van der Waals surface area contributed by atoms with Crippen LogP contribution in [0.5, 0.6) is 0 Å². The van der Waals surface area contributed by atoms with Crippen molar-refractivity contribution in [2.45, 2.75) is 31.4 Å². The summed E-state index contributed by atoms with van der Waals surface area (Å²) in [5, 5.41) is 1.36. The Morgan fingerprint density at radius 3 is 3.00 bits per heavy atom. The number of rotatable bonds is 4. The molecule has 1 saturated heterocycles. The first-order valence-electron chi connectivity index (χ1n) is 7.42. The Morgan fingerprint density at radius 1 is 1.38 bits per heavy atom. The number of aryl methyl sites for hydroxylation is 2. The average molecular weight is 304 g/mol. The number of aromatic nitrogens is 2. The first-order chi connectivity index (χ1) is 10.2. The molecule has 2 heterocycles. The molecule has 0 bridgehead atoms. The number of H-pyrrole nitrogens is 1. The van der Waals surface area contributed by atoms with Gasteiger partial charge < -0.3 is 9.72 Å². The fourth-order valence-electron chi connectivity index (χ4n) is 2.64. The van der Waals surface area contributed by atoms with Crippen LogP contribution in [0.25, 0.3) is 10.9 Å². The van der Waals surface area contributed by atoms with Crippen molar-refractivity contribution in [3.63, 3.8) is 0 Å². The van der Waals surface area contributed by atoms with Crippen LogP contribution in [0.15, 0.2) is 23.0 Å². The van der Waals surface area contributed by atoms with Crippen LogP contribution in [0.1, 0.15) is 24.2 Å². The van der Waals surface area contributed by atoms with Crippen molar-refractivity contribution in [1.82, 2.24) is 9.97 Å². The van der Waals surface area contributed by atoms with E-state index in [1.807, 2.05) is 36.9 Å². The van der Waals surface area contributed by atoms with E-state index in [-0.39, 0.29) is 5.56 Å². The second-order valence-corrected chi connectivity index (χ2v) is 6.82. The van der Waals surface area contributed by atoms with E-state index in [2.05, 4.69) is 9.97 Å². The maximum Gasteiger partial charge on any atom is 0.258 e. The van der Waals surface area contributed by atoms with E-state index >= 15 is 0 Å². The fraction of sp³-hybridized carbons (Fsp3) is 0.500. The van der Waals surface area contributed by atoms with Crippen LogP contribution in [0.4, 0.5) is 0 Å². The topological polar surface area (TPSA) is 55.0 Å². The largest absolute Gasteiger partial charge is 0.381 e. The van der Waals surface area contributed by atoms with Crippen LogP contribution >= 0.6 is 11.8 Å². The van der Waals surface area contributed by atoms with Gasteiger partial charge in [-0.1, -0.05) is 12.1 Å². The Kier molecular flexibility index (Phi) is 4.60. The lowest BCUT2D eigenvalue weighted by atomic mass is 10.1. The first kappa shape index (κ1) is 14.6. The molecule has 112 valence electrons. The second-order valence-electron chi connectivity index (χ2n) is 5.42. The van der Waals surface area contributed by atoms with E-state index in [0.717, 1.165) is 55.1 Å². The van der Waals surface area contributed by atoms with Gasteiger partial charge in [-0.2, -0.15) is 11.8 Å². The van der Waals surface area contributed by atoms with Crippen LogP contribution in [0, 0.1) is 6.92 Å². The zero-order valence-corrected chi connectivity index (χ0v) is 13.0. The molecule has 1 aromatic heterocycles. The zero-order valence-electron chi connectivity index (χ0n) is 12.2. The quantitative estimate of drug-likeness (QED) is 0.943. The Labute approximate surface area is 128 Å². The highest BCUT2D eigenvalue weighted by Gasteiger charge is 2.14. The molecule has 0 spiro atoms. The Hall–Kier alpha value is -1.33. The molecule has 1 aliphatic heterocycles. The van der Waals surface area contributed by atoms with Gasteiger partial charge in [0.05, 0.1) is 10.9 Å². The summed E-state index contributed by atoms with van der Waals surface area (Å²) in [7, 11) is 0. The Morgan fingerprint density at radius 2 is 2.19 bits per heavy atom. The number of aromatic amines is 1.